The molecule has 3 rings (SSSR count). The zero-order valence-electron chi connectivity index (χ0n) is 17.4. The molecule has 1 aromatic heterocycles. The molecular weight excluding hydrogens is 398 g/mol. The fourth-order valence-corrected chi connectivity index (χ4v) is 3.84. The van der Waals surface area contributed by atoms with E-state index in [9.17, 15) is 13.2 Å². The number of hydrogen-bond acceptors (Lipinski definition) is 4. The van der Waals surface area contributed by atoms with Crippen LogP contribution in [0.15, 0.2) is 71.9 Å². The third kappa shape index (κ3) is 5.04. The molecule has 6 nitrogen and oxygen atoms in total. The van der Waals surface area contributed by atoms with Crippen molar-refractivity contribution in [1.82, 2.24) is 4.98 Å². The molecule has 0 aliphatic heterocycles. The summed E-state index contributed by atoms with van der Waals surface area (Å²) < 4.78 is 28.1. The summed E-state index contributed by atoms with van der Waals surface area (Å²) in [5.74, 6) is -0.110. The van der Waals surface area contributed by atoms with Crippen molar-refractivity contribution < 1.29 is 13.2 Å². The van der Waals surface area contributed by atoms with Crippen LogP contribution in [0.1, 0.15) is 26.3 Å². The van der Waals surface area contributed by atoms with E-state index >= 15 is 0 Å². The fourth-order valence-electron chi connectivity index (χ4n) is 2.70. The summed E-state index contributed by atoms with van der Waals surface area (Å²) in [6.07, 6.45) is 3.26. The molecule has 2 aromatic carbocycles. The Labute approximate surface area is 177 Å². The van der Waals surface area contributed by atoms with Gasteiger partial charge in [-0.25, -0.2) is 8.42 Å². The molecule has 0 aliphatic rings. The van der Waals surface area contributed by atoms with Crippen LogP contribution in [0, 0.1) is 12.3 Å². The van der Waals surface area contributed by atoms with E-state index in [1.807, 2.05) is 45.9 Å². The lowest BCUT2D eigenvalue weighted by molar-refractivity contribution is -0.123. The molecule has 0 bridgehead atoms. The lowest BCUT2D eigenvalue weighted by Crippen LogP contribution is -2.27. The van der Waals surface area contributed by atoms with Gasteiger partial charge in [0.15, 0.2) is 0 Å². The number of anilines is 2. The summed E-state index contributed by atoms with van der Waals surface area (Å²) in [5, 5.41) is 2.86. The van der Waals surface area contributed by atoms with Crippen LogP contribution in [0.2, 0.25) is 0 Å². The van der Waals surface area contributed by atoms with Gasteiger partial charge in [0.25, 0.3) is 10.0 Å². The first-order valence-electron chi connectivity index (χ1n) is 9.52. The van der Waals surface area contributed by atoms with Crippen molar-refractivity contribution in [2.24, 2.45) is 5.41 Å². The van der Waals surface area contributed by atoms with Gasteiger partial charge in [-0.1, -0.05) is 51.1 Å². The molecule has 7 heteroatoms. The van der Waals surface area contributed by atoms with Crippen LogP contribution in [0.3, 0.4) is 0 Å². The van der Waals surface area contributed by atoms with E-state index in [1.165, 1.54) is 0 Å². The molecule has 30 heavy (non-hydrogen) atoms. The third-order valence-corrected chi connectivity index (χ3v) is 5.93. The highest BCUT2D eigenvalue weighted by molar-refractivity contribution is 7.92. The van der Waals surface area contributed by atoms with Crippen molar-refractivity contribution in [3.63, 3.8) is 0 Å². The molecule has 3 aromatic rings. The van der Waals surface area contributed by atoms with E-state index in [0.29, 0.717) is 11.4 Å². The molecule has 0 spiro atoms. The number of benzene rings is 2. The summed E-state index contributed by atoms with van der Waals surface area (Å²) in [6, 6.07) is 15.5. The minimum Gasteiger partial charge on any atom is -0.324 e. The smallest absolute Gasteiger partial charge is 0.261 e. The van der Waals surface area contributed by atoms with Gasteiger partial charge in [-0.15, -0.1) is 0 Å². The third-order valence-electron chi connectivity index (χ3n) is 4.55. The number of aromatic nitrogens is 1. The predicted octanol–water partition coefficient (Wildman–Crippen LogP) is 4.84. The van der Waals surface area contributed by atoms with Gasteiger partial charge < -0.3 is 5.32 Å². The first-order chi connectivity index (χ1) is 14.1. The number of carbonyl (C=O) groups excluding carboxylic acids is 1. The van der Waals surface area contributed by atoms with E-state index in [4.69, 9.17) is 0 Å². The minimum absolute atomic E-state index is 0.110. The average Bonchev–Trinajstić information content (AvgIpc) is 2.69. The second-order valence-corrected chi connectivity index (χ2v) is 9.80. The first-order valence-corrected chi connectivity index (χ1v) is 11.0. The van der Waals surface area contributed by atoms with Crippen molar-refractivity contribution in [2.75, 3.05) is 10.0 Å². The molecule has 0 fully saturated rings. The number of nitrogens with zero attached hydrogens (tertiary/aromatic N) is 1. The van der Waals surface area contributed by atoms with Gasteiger partial charge in [0, 0.05) is 17.2 Å². The van der Waals surface area contributed by atoms with Gasteiger partial charge >= 0.3 is 0 Å². The number of nitrogens with one attached hydrogen (secondary N) is 2. The van der Waals surface area contributed by atoms with Crippen molar-refractivity contribution in [3.05, 3.63) is 72.6 Å². The second kappa shape index (κ2) is 8.28. The average molecular weight is 424 g/mol. The number of hydrogen-bond donors (Lipinski definition) is 2. The Hall–Kier alpha value is -3.19. The summed E-state index contributed by atoms with van der Waals surface area (Å²) in [5.41, 5.74) is 2.89. The van der Waals surface area contributed by atoms with E-state index in [0.717, 1.165) is 16.7 Å². The molecule has 0 atom stereocenters. The van der Waals surface area contributed by atoms with E-state index in [-0.39, 0.29) is 10.8 Å². The van der Waals surface area contributed by atoms with Crippen molar-refractivity contribution in [3.8, 4) is 11.1 Å². The fraction of sp³-hybridized carbons (Fsp3) is 0.217. The maximum atomic E-state index is 12.7. The molecule has 1 heterocycles. The quantitative estimate of drug-likeness (QED) is 0.614. The Morgan fingerprint density at radius 1 is 0.933 bits per heavy atom. The molecule has 0 saturated carbocycles. The molecule has 0 saturated heterocycles. The van der Waals surface area contributed by atoms with Crippen molar-refractivity contribution in [1.29, 1.82) is 0 Å². The highest BCUT2D eigenvalue weighted by Crippen LogP contribution is 2.28. The highest BCUT2D eigenvalue weighted by atomic mass is 32.2. The van der Waals surface area contributed by atoms with Crippen LogP contribution >= 0.6 is 0 Å². The maximum absolute atomic E-state index is 12.7. The topological polar surface area (TPSA) is 88.2 Å². The number of aryl methyl sites for hydroxylation is 1. The van der Waals surface area contributed by atoms with Gasteiger partial charge in [-0.3, -0.25) is 14.5 Å². The zero-order chi connectivity index (χ0) is 21.9. The van der Waals surface area contributed by atoms with Crippen LogP contribution in [0.4, 0.5) is 11.4 Å². The molecule has 0 radical (unpaired) electrons. The number of rotatable bonds is 5. The molecule has 156 valence electrons. The number of carbonyl (C=O) groups is 1. The number of pyridine rings is 1. The van der Waals surface area contributed by atoms with Gasteiger partial charge in [0.2, 0.25) is 5.91 Å². The molecule has 2 N–H and O–H groups in total. The molecule has 0 unspecified atom stereocenters. The summed E-state index contributed by atoms with van der Waals surface area (Å²) >= 11 is 0. The minimum atomic E-state index is -3.70. The Bertz CT molecular complexity index is 1170. The Balaban J connectivity index is 1.90. The normalized spacial score (nSPS) is 11.7. The van der Waals surface area contributed by atoms with Crippen LogP contribution in [0.25, 0.3) is 11.1 Å². The number of sulfonamides is 1. The largest absolute Gasteiger partial charge is 0.324 e. The lowest BCUT2D eigenvalue weighted by atomic mass is 9.95. The van der Waals surface area contributed by atoms with Crippen LogP contribution < -0.4 is 10.0 Å². The van der Waals surface area contributed by atoms with Gasteiger partial charge in [0.05, 0.1) is 22.5 Å². The van der Waals surface area contributed by atoms with Crippen LogP contribution in [-0.4, -0.2) is 19.3 Å². The van der Waals surface area contributed by atoms with Crippen LogP contribution in [0.5, 0.6) is 0 Å². The number of amides is 1. The Morgan fingerprint density at radius 2 is 1.63 bits per heavy atom. The highest BCUT2D eigenvalue weighted by Gasteiger charge is 2.21. The zero-order valence-corrected chi connectivity index (χ0v) is 18.2. The standard InChI is InChI=1S/C23H25N3O3S/c1-16-10-11-17(13-21(16)26-30(28,29)20-8-6-5-7-9-20)18-12-19(15-24-14-18)25-22(27)23(2,3)4/h5-15,26H,1-4H3,(H,25,27). The molecular formula is C23H25N3O3S. The van der Waals surface area contributed by atoms with Crippen molar-refractivity contribution >= 4 is 27.3 Å². The van der Waals surface area contributed by atoms with Gasteiger partial charge in [0.1, 0.15) is 0 Å². The van der Waals surface area contributed by atoms with E-state index < -0.39 is 15.4 Å². The monoisotopic (exact) mass is 423 g/mol. The van der Waals surface area contributed by atoms with E-state index in [1.54, 1.807) is 48.8 Å². The summed E-state index contributed by atoms with van der Waals surface area (Å²) in [7, 11) is -3.70. The SMILES string of the molecule is Cc1ccc(-c2cncc(NC(=O)C(C)(C)C)c2)cc1NS(=O)(=O)c1ccccc1. The lowest BCUT2D eigenvalue weighted by Gasteiger charge is -2.18. The van der Waals surface area contributed by atoms with E-state index in [2.05, 4.69) is 15.0 Å². The van der Waals surface area contributed by atoms with Crippen LogP contribution in [-0.2, 0) is 14.8 Å². The Morgan fingerprint density at radius 3 is 2.30 bits per heavy atom. The molecule has 0 aliphatic carbocycles. The predicted molar refractivity (Wildman–Crippen MR) is 120 cm³/mol. The maximum Gasteiger partial charge on any atom is 0.261 e. The second-order valence-electron chi connectivity index (χ2n) is 8.11. The summed E-state index contributed by atoms with van der Waals surface area (Å²) in [4.78, 5) is 16.7. The Kier molecular flexibility index (Phi) is 5.94. The summed E-state index contributed by atoms with van der Waals surface area (Å²) in [6.45, 7) is 7.35. The van der Waals surface area contributed by atoms with Gasteiger partial charge in [-0.2, -0.15) is 0 Å². The van der Waals surface area contributed by atoms with Crippen molar-refractivity contribution in [2.45, 2.75) is 32.6 Å². The molecule has 1 amide bonds. The van der Waals surface area contributed by atoms with Gasteiger partial charge in [-0.05, 0) is 42.3 Å². The first kappa shape index (κ1) is 21.5.